The Morgan fingerprint density at radius 2 is 1.12 bits per heavy atom. The highest BCUT2D eigenvalue weighted by atomic mass is 32.1. The molecule has 0 radical (unpaired) electrons. The molecule has 0 saturated heterocycles. The molecule has 14 rings (SSSR count). The molecule has 0 saturated carbocycles. The van der Waals surface area contributed by atoms with Crippen molar-refractivity contribution < 1.29 is 0 Å². The summed E-state index contributed by atoms with van der Waals surface area (Å²) in [5, 5.41) is 7.71. The van der Waals surface area contributed by atoms with Gasteiger partial charge in [0.2, 0.25) is 0 Å². The fraction of sp³-hybridized carbons (Fsp3) is 0.0645. The predicted octanol–water partition coefficient (Wildman–Crippen LogP) is 16.2. The molecule has 10 aromatic carbocycles. The zero-order valence-corrected chi connectivity index (χ0v) is 38.4. The third kappa shape index (κ3) is 5.59. The van der Waals surface area contributed by atoms with Gasteiger partial charge < -0.3 is 14.3 Å². The summed E-state index contributed by atoms with van der Waals surface area (Å²) < 4.78 is 5.35. The van der Waals surface area contributed by atoms with E-state index in [1.807, 2.05) is 11.3 Å². The normalized spacial score (nSPS) is 12.9. The fourth-order valence-corrected chi connectivity index (χ4v) is 12.6. The van der Waals surface area contributed by atoms with Crippen molar-refractivity contribution in [1.29, 1.82) is 0 Å². The van der Waals surface area contributed by atoms with Gasteiger partial charge in [-0.05, 0) is 105 Å². The molecule has 0 spiro atoms. The van der Waals surface area contributed by atoms with Gasteiger partial charge in [-0.25, -0.2) is 0 Å². The van der Waals surface area contributed by atoms with E-state index in [9.17, 15) is 0 Å². The Kier molecular flexibility index (Phi) is 8.21. The van der Waals surface area contributed by atoms with Gasteiger partial charge in [0.1, 0.15) is 0 Å². The molecule has 4 heterocycles. The molecule has 2 aliphatic rings. The largest absolute Gasteiger partial charge is 0.375 e. The van der Waals surface area contributed by atoms with Crippen molar-refractivity contribution in [2.45, 2.75) is 26.2 Å². The van der Waals surface area contributed by atoms with Crippen LogP contribution in [0.15, 0.2) is 212 Å². The summed E-state index contributed by atoms with van der Waals surface area (Å²) in [4.78, 5) is 5.08. The third-order valence-corrected chi connectivity index (χ3v) is 15.6. The zero-order chi connectivity index (χ0) is 44.5. The molecule has 12 aromatic rings. The molecule has 67 heavy (non-hydrogen) atoms. The van der Waals surface area contributed by atoms with E-state index in [1.54, 1.807) is 0 Å². The van der Waals surface area contributed by atoms with Crippen molar-refractivity contribution in [1.82, 2.24) is 4.48 Å². The maximum absolute atomic E-state index is 2.74. The molecular formula is C62H44BN3S. The first-order chi connectivity index (χ1) is 32.9. The third-order valence-electron chi connectivity index (χ3n) is 14.5. The van der Waals surface area contributed by atoms with Gasteiger partial charge in [0.05, 0.1) is 11.4 Å². The molecular weight excluding hydrogens is 830 g/mol. The van der Waals surface area contributed by atoms with E-state index in [0.717, 1.165) is 17.1 Å². The number of para-hydroxylation sites is 3. The summed E-state index contributed by atoms with van der Waals surface area (Å²) in [6.45, 7) is 6.81. The van der Waals surface area contributed by atoms with Gasteiger partial charge in [0.15, 0.2) is 0 Å². The molecule has 0 bridgehead atoms. The van der Waals surface area contributed by atoms with E-state index in [-0.39, 0.29) is 12.3 Å². The molecule has 3 nitrogen and oxygen atoms in total. The summed E-state index contributed by atoms with van der Waals surface area (Å²) in [6, 6.07) is 79.4. The molecule has 2 aliphatic heterocycles. The first-order valence-electron chi connectivity index (χ1n) is 23.4. The molecule has 0 unspecified atom stereocenters. The monoisotopic (exact) mass is 873 g/mol. The minimum Gasteiger partial charge on any atom is -0.375 e. The Labute approximate surface area is 394 Å². The number of fused-ring (bicyclic) bond motifs is 13. The number of hydrogen-bond acceptors (Lipinski definition) is 3. The molecule has 0 N–H and O–H groups in total. The molecule has 0 fully saturated rings. The second kappa shape index (κ2) is 14.3. The van der Waals surface area contributed by atoms with Gasteiger partial charge in [0, 0.05) is 81.2 Å². The van der Waals surface area contributed by atoms with Crippen LogP contribution < -0.4 is 20.7 Å². The van der Waals surface area contributed by atoms with Crippen LogP contribution in [0.5, 0.6) is 0 Å². The molecule has 316 valence electrons. The van der Waals surface area contributed by atoms with Crippen molar-refractivity contribution in [3.63, 3.8) is 0 Å². The van der Waals surface area contributed by atoms with Crippen LogP contribution in [0.1, 0.15) is 26.3 Å². The highest BCUT2D eigenvalue weighted by Crippen LogP contribution is 2.53. The summed E-state index contributed by atoms with van der Waals surface area (Å²) in [5.41, 5.74) is 18.4. The van der Waals surface area contributed by atoms with E-state index >= 15 is 0 Å². The second-order valence-corrected chi connectivity index (χ2v) is 20.3. The average molecular weight is 874 g/mol. The van der Waals surface area contributed by atoms with Crippen LogP contribution in [-0.4, -0.2) is 11.3 Å². The van der Waals surface area contributed by atoms with E-state index in [4.69, 9.17) is 0 Å². The number of thiophene rings is 1. The van der Waals surface area contributed by atoms with Crippen LogP contribution >= 0.6 is 11.3 Å². The van der Waals surface area contributed by atoms with Crippen molar-refractivity contribution >= 4 is 116 Å². The lowest BCUT2D eigenvalue weighted by atomic mass is 9.44. The lowest BCUT2D eigenvalue weighted by Crippen LogP contribution is -2.56. The van der Waals surface area contributed by atoms with Crippen LogP contribution in [0.3, 0.4) is 0 Å². The predicted molar refractivity (Wildman–Crippen MR) is 289 cm³/mol. The average Bonchev–Trinajstić information content (AvgIpc) is 3.92. The van der Waals surface area contributed by atoms with Crippen LogP contribution in [0.25, 0.3) is 75.0 Å². The Morgan fingerprint density at radius 1 is 0.463 bits per heavy atom. The van der Waals surface area contributed by atoms with Crippen LogP contribution in [-0.2, 0) is 5.41 Å². The van der Waals surface area contributed by atoms with Crippen molar-refractivity contribution in [3.8, 4) is 22.3 Å². The van der Waals surface area contributed by atoms with Gasteiger partial charge >= 0.3 is 6.85 Å². The number of hydrogen-bond donors (Lipinski definition) is 0. The lowest BCUT2D eigenvalue weighted by Gasteiger charge is -2.42. The van der Waals surface area contributed by atoms with Crippen molar-refractivity contribution in [2.24, 2.45) is 0 Å². The van der Waals surface area contributed by atoms with Crippen LogP contribution in [0, 0.1) is 0 Å². The summed E-state index contributed by atoms with van der Waals surface area (Å²) in [6.07, 6.45) is 0. The van der Waals surface area contributed by atoms with Gasteiger partial charge in [0.25, 0.3) is 0 Å². The summed E-state index contributed by atoms with van der Waals surface area (Å²) >= 11 is 1.91. The topological polar surface area (TPSA) is 11.4 Å². The molecule has 2 aromatic heterocycles. The smallest absolute Gasteiger partial charge is 0.333 e. The minimum atomic E-state index is -0.151. The van der Waals surface area contributed by atoms with Crippen molar-refractivity contribution in [3.05, 3.63) is 218 Å². The summed E-state index contributed by atoms with van der Waals surface area (Å²) in [7, 11) is 0. The zero-order valence-electron chi connectivity index (χ0n) is 37.5. The lowest BCUT2D eigenvalue weighted by molar-refractivity contribution is 0.590. The van der Waals surface area contributed by atoms with Crippen molar-refractivity contribution in [2.75, 3.05) is 9.80 Å². The summed E-state index contributed by atoms with van der Waals surface area (Å²) in [5.74, 6) is 0. The molecule has 5 heteroatoms. The first-order valence-corrected chi connectivity index (χ1v) is 24.2. The van der Waals surface area contributed by atoms with E-state index in [0.29, 0.717) is 0 Å². The van der Waals surface area contributed by atoms with E-state index < -0.39 is 0 Å². The fourth-order valence-electron chi connectivity index (χ4n) is 11.5. The Bertz CT molecular complexity index is 3940. The Balaban J connectivity index is 1.18. The van der Waals surface area contributed by atoms with Gasteiger partial charge in [-0.15, -0.1) is 11.3 Å². The first kappa shape index (κ1) is 38.4. The number of anilines is 6. The van der Waals surface area contributed by atoms with Crippen LogP contribution in [0.2, 0.25) is 0 Å². The highest BCUT2D eigenvalue weighted by molar-refractivity contribution is 7.26. The minimum absolute atomic E-state index is 0.0454. The van der Waals surface area contributed by atoms with Gasteiger partial charge in [-0.2, -0.15) is 0 Å². The van der Waals surface area contributed by atoms with Gasteiger partial charge in [-0.3, -0.25) is 0 Å². The number of rotatable bonds is 5. The maximum Gasteiger partial charge on any atom is 0.333 e. The maximum atomic E-state index is 2.74. The number of nitrogens with zero attached hydrogens (tertiary/aromatic N) is 3. The van der Waals surface area contributed by atoms with E-state index in [2.05, 4.69) is 247 Å². The second-order valence-electron chi connectivity index (χ2n) is 19.2. The number of benzene rings is 10. The highest BCUT2D eigenvalue weighted by Gasteiger charge is 2.45. The van der Waals surface area contributed by atoms with Crippen LogP contribution in [0.4, 0.5) is 34.1 Å². The Hall–Kier alpha value is -7.86. The quantitative estimate of drug-likeness (QED) is 0.160. The Morgan fingerprint density at radius 3 is 1.88 bits per heavy atom. The number of aromatic nitrogens is 1. The van der Waals surface area contributed by atoms with Gasteiger partial charge in [-0.1, -0.05) is 166 Å². The molecule has 0 aliphatic carbocycles. The van der Waals surface area contributed by atoms with E-state index in [1.165, 1.54) is 109 Å². The molecule has 0 atom stereocenters. The SMILES string of the molecule is CC(C)(C)c1ccc(N2c3ccc(N(c4ccccc4)c4ccccc4)cc3B3c4c(cc5sc6ccccc6c5c42)-c2cccc4c5ccc6ccccc6c5n3c24)c(-c2ccccc2)c1. The molecule has 0 amide bonds. The standard InChI is InChI=1S/C62H44BN3S/c1-62(2,3)41-31-34-53(50(36-41)39-18-7-4-8-19-39)65-54-35-32-44(64(42-21-9-5-10-22-42)43-23-11-6-12-24-43)37-52(54)63-58-51(38-56-57(61(58)65)49-26-15-16-29-55(49)67-56)47-28-17-27-46-48-33-30-40-20-13-14-25-45(40)59(48)66(63)60(46)47/h4-38H,1-3H3.